The number of carbonyl (C=O) groups is 3. The molecule has 5 heteroatoms. The molecule has 3 N–H and O–H groups in total. The zero-order chi connectivity index (χ0) is 16.3. The Morgan fingerprint density at radius 1 is 1.18 bits per heavy atom. The topological polar surface area (TPSA) is 89.3 Å². The molecule has 5 nitrogen and oxygen atoms in total. The molecule has 1 saturated carbocycles. The predicted octanol–water partition coefficient (Wildman–Crippen LogP) is 1.50. The van der Waals surface area contributed by atoms with Crippen LogP contribution in [0, 0.1) is 25.7 Å². The summed E-state index contributed by atoms with van der Waals surface area (Å²) in [5.41, 5.74) is 7.82. The number of Topliss-reactive ketones (excluding diaryl/α,β-unsaturated/α-hetero) is 1. The van der Waals surface area contributed by atoms with Crippen LogP contribution in [-0.2, 0) is 9.59 Å². The minimum absolute atomic E-state index is 0.0130. The molecule has 2 atom stereocenters. The van der Waals surface area contributed by atoms with Gasteiger partial charge in [-0.3, -0.25) is 14.4 Å². The second-order valence-corrected chi connectivity index (χ2v) is 6.07. The molecule has 0 radical (unpaired) electrons. The van der Waals surface area contributed by atoms with Crippen LogP contribution in [-0.4, -0.2) is 24.1 Å². The lowest BCUT2D eigenvalue weighted by Gasteiger charge is -2.11. The lowest BCUT2D eigenvalue weighted by Crippen LogP contribution is -2.34. The molecule has 2 rings (SSSR count). The monoisotopic (exact) mass is 302 g/mol. The molecule has 118 valence electrons. The summed E-state index contributed by atoms with van der Waals surface area (Å²) in [4.78, 5) is 35.4. The molecule has 0 aliphatic heterocycles. The van der Waals surface area contributed by atoms with Crippen molar-refractivity contribution in [3.8, 4) is 0 Å². The van der Waals surface area contributed by atoms with Crippen molar-refractivity contribution in [2.24, 2.45) is 17.6 Å². The van der Waals surface area contributed by atoms with Crippen molar-refractivity contribution in [3.63, 3.8) is 0 Å². The molecule has 1 aliphatic rings. The summed E-state index contributed by atoms with van der Waals surface area (Å²) in [5.74, 6) is -1.04. The van der Waals surface area contributed by atoms with E-state index < -0.39 is 0 Å². The Labute approximate surface area is 130 Å². The van der Waals surface area contributed by atoms with Gasteiger partial charge in [-0.1, -0.05) is 17.7 Å². The number of nitrogens with one attached hydrogen (secondary N) is 1. The minimum Gasteiger partial charge on any atom is -0.369 e. The van der Waals surface area contributed by atoms with Crippen molar-refractivity contribution in [1.82, 2.24) is 5.32 Å². The van der Waals surface area contributed by atoms with Gasteiger partial charge in [-0.2, -0.15) is 0 Å². The number of ketones is 1. The van der Waals surface area contributed by atoms with Crippen molar-refractivity contribution >= 4 is 17.6 Å². The first-order chi connectivity index (χ1) is 10.4. The highest BCUT2D eigenvalue weighted by Gasteiger charge is 2.32. The Kier molecular flexibility index (Phi) is 4.96. The lowest BCUT2D eigenvalue weighted by atomic mass is 10.0. The molecule has 1 aromatic rings. The summed E-state index contributed by atoms with van der Waals surface area (Å²) >= 11 is 0. The van der Waals surface area contributed by atoms with Gasteiger partial charge in [-0.05, 0) is 44.7 Å². The van der Waals surface area contributed by atoms with Crippen LogP contribution in [0.4, 0.5) is 0 Å². The van der Waals surface area contributed by atoms with Crippen molar-refractivity contribution in [3.05, 3.63) is 34.9 Å². The van der Waals surface area contributed by atoms with Gasteiger partial charge in [-0.25, -0.2) is 0 Å². The minimum atomic E-state index is -0.346. The van der Waals surface area contributed by atoms with Crippen LogP contribution in [0.25, 0.3) is 0 Å². The van der Waals surface area contributed by atoms with E-state index in [0.29, 0.717) is 24.8 Å². The molecule has 1 aromatic carbocycles. The lowest BCUT2D eigenvalue weighted by molar-refractivity contribution is -0.125. The van der Waals surface area contributed by atoms with Gasteiger partial charge in [0.2, 0.25) is 11.8 Å². The van der Waals surface area contributed by atoms with Gasteiger partial charge in [0.1, 0.15) is 0 Å². The number of aryl methyl sites for hydroxylation is 2. The fraction of sp³-hybridized carbons (Fsp3) is 0.471. The van der Waals surface area contributed by atoms with E-state index in [9.17, 15) is 14.4 Å². The number of hydrogen-bond donors (Lipinski definition) is 2. The average molecular weight is 302 g/mol. The standard InChI is InChI=1S/C17H22N2O3/c1-10-3-4-11(2)14(7-10)15(20)9-19-17(22)13-6-5-12(8-13)16(18)21/h3-4,7,12-13H,5-6,8-9H2,1-2H3,(H2,18,21)(H,19,22)/t12-,13+/m0/s1. The molecular formula is C17H22N2O3. The summed E-state index contributed by atoms with van der Waals surface area (Å²) in [5, 5.41) is 2.69. The molecule has 1 aliphatic carbocycles. The van der Waals surface area contributed by atoms with Crippen molar-refractivity contribution < 1.29 is 14.4 Å². The van der Waals surface area contributed by atoms with E-state index in [1.165, 1.54) is 0 Å². The maximum Gasteiger partial charge on any atom is 0.223 e. The highest BCUT2D eigenvalue weighted by Crippen LogP contribution is 2.30. The number of benzene rings is 1. The van der Waals surface area contributed by atoms with E-state index in [1.807, 2.05) is 32.0 Å². The van der Waals surface area contributed by atoms with E-state index in [2.05, 4.69) is 5.32 Å². The third-order valence-corrected chi connectivity index (χ3v) is 4.32. The van der Waals surface area contributed by atoms with Gasteiger partial charge in [0.15, 0.2) is 5.78 Å². The summed E-state index contributed by atoms with van der Waals surface area (Å²) in [6, 6.07) is 5.69. The van der Waals surface area contributed by atoms with E-state index in [1.54, 1.807) is 0 Å². The Morgan fingerprint density at radius 3 is 2.50 bits per heavy atom. The van der Waals surface area contributed by atoms with Crippen molar-refractivity contribution in [1.29, 1.82) is 0 Å². The van der Waals surface area contributed by atoms with Crippen LogP contribution in [0.1, 0.15) is 40.7 Å². The maximum atomic E-state index is 12.2. The third-order valence-electron chi connectivity index (χ3n) is 4.32. The number of amides is 2. The Hall–Kier alpha value is -2.17. The van der Waals surface area contributed by atoms with E-state index >= 15 is 0 Å². The SMILES string of the molecule is Cc1ccc(C)c(C(=O)CNC(=O)[C@@H]2CC[C@H](C(N)=O)C2)c1. The van der Waals surface area contributed by atoms with E-state index in [4.69, 9.17) is 5.73 Å². The molecule has 22 heavy (non-hydrogen) atoms. The summed E-state index contributed by atoms with van der Waals surface area (Å²) in [6.07, 6.45) is 1.79. The zero-order valence-electron chi connectivity index (χ0n) is 13.0. The third kappa shape index (κ3) is 3.72. The van der Waals surface area contributed by atoms with Crippen molar-refractivity contribution in [2.45, 2.75) is 33.1 Å². The predicted molar refractivity (Wildman–Crippen MR) is 83.3 cm³/mol. The molecule has 0 bridgehead atoms. The van der Waals surface area contributed by atoms with Gasteiger partial charge in [0.05, 0.1) is 6.54 Å². The van der Waals surface area contributed by atoms with Crippen molar-refractivity contribution in [2.75, 3.05) is 6.54 Å². The summed E-state index contributed by atoms with van der Waals surface area (Å²) in [7, 11) is 0. The van der Waals surface area contributed by atoms with Crippen LogP contribution < -0.4 is 11.1 Å². The number of hydrogen-bond acceptors (Lipinski definition) is 3. The smallest absolute Gasteiger partial charge is 0.223 e. The Morgan fingerprint density at radius 2 is 1.86 bits per heavy atom. The molecule has 2 amide bonds. The molecule has 0 unspecified atom stereocenters. The summed E-state index contributed by atoms with van der Waals surface area (Å²) in [6.45, 7) is 3.79. The fourth-order valence-electron chi connectivity index (χ4n) is 2.92. The van der Waals surface area contributed by atoms with Gasteiger partial charge in [-0.15, -0.1) is 0 Å². The van der Waals surface area contributed by atoms with Crippen LogP contribution in [0.5, 0.6) is 0 Å². The van der Waals surface area contributed by atoms with Gasteiger partial charge < -0.3 is 11.1 Å². The highest BCUT2D eigenvalue weighted by atomic mass is 16.2. The zero-order valence-corrected chi connectivity index (χ0v) is 13.0. The van der Waals surface area contributed by atoms with Crippen LogP contribution in [0.3, 0.4) is 0 Å². The highest BCUT2D eigenvalue weighted by molar-refractivity contribution is 6.00. The largest absolute Gasteiger partial charge is 0.369 e. The summed E-state index contributed by atoms with van der Waals surface area (Å²) < 4.78 is 0. The van der Waals surface area contributed by atoms with Crippen LogP contribution in [0.15, 0.2) is 18.2 Å². The number of nitrogens with two attached hydrogens (primary N) is 1. The second kappa shape index (κ2) is 6.73. The normalized spacial score (nSPS) is 20.6. The van der Waals surface area contributed by atoms with E-state index in [-0.39, 0.29) is 36.0 Å². The number of carbonyl (C=O) groups excluding carboxylic acids is 3. The molecule has 0 heterocycles. The first-order valence-corrected chi connectivity index (χ1v) is 7.56. The second-order valence-electron chi connectivity index (χ2n) is 6.07. The molecule has 0 saturated heterocycles. The molecule has 0 spiro atoms. The van der Waals surface area contributed by atoms with Gasteiger partial charge in [0.25, 0.3) is 0 Å². The molecular weight excluding hydrogens is 280 g/mol. The average Bonchev–Trinajstić information content (AvgIpc) is 2.97. The first kappa shape index (κ1) is 16.2. The quantitative estimate of drug-likeness (QED) is 0.808. The number of rotatable bonds is 5. The Bertz CT molecular complexity index is 610. The fourth-order valence-corrected chi connectivity index (χ4v) is 2.92. The Balaban J connectivity index is 1.90. The van der Waals surface area contributed by atoms with Gasteiger partial charge >= 0.3 is 0 Å². The van der Waals surface area contributed by atoms with Gasteiger partial charge in [0, 0.05) is 17.4 Å². The number of primary amides is 1. The molecule has 0 aromatic heterocycles. The van der Waals surface area contributed by atoms with E-state index in [0.717, 1.165) is 11.1 Å². The van der Waals surface area contributed by atoms with Crippen LogP contribution >= 0.6 is 0 Å². The molecule has 1 fully saturated rings. The maximum absolute atomic E-state index is 12.2. The van der Waals surface area contributed by atoms with Crippen LogP contribution in [0.2, 0.25) is 0 Å². The first-order valence-electron chi connectivity index (χ1n) is 7.56.